The summed E-state index contributed by atoms with van der Waals surface area (Å²) in [5.74, 6) is 0.684. The number of methoxy groups -OCH3 is 1. The van der Waals surface area contributed by atoms with Crippen molar-refractivity contribution in [3.05, 3.63) is 95.0 Å². The summed E-state index contributed by atoms with van der Waals surface area (Å²) in [6.07, 6.45) is 0. The summed E-state index contributed by atoms with van der Waals surface area (Å²) in [5, 5.41) is 0.703. The van der Waals surface area contributed by atoms with Crippen LogP contribution in [0, 0.1) is 5.92 Å². The number of hydrogen-bond donors (Lipinski definition) is 0. The highest BCUT2D eigenvalue weighted by Crippen LogP contribution is 2.38. The molecule has 1 aliphatic rings. The molecule has 4 heteroatoms. The SMILES string of the molecule is COc1ccccc1C(=O)[C@@H]1CN(c2ccccc2)C[C@H]1c1ccc(Cl)cc1. The van der Waals surface area contributed by atoms with Crippen LogP contribution in [-0.4, -0.2) is 26.0 Å². The molecule has 1 aliphatic heterocycles. The van der Waals surface area contributed by atoms with Crippen LogP contribution in [0.2, 0.25) is 5.02 Å². The third-order valence-electron chi connectivity index (χ3n) is 5.45. The van der Waals surface area contributed by atoms with Crippen molar-refractivity contribution in [1.29, 1.82) is 0 Å². The van der Waals surface area contributed by atoms with Crippen LogP contribution in [0.15, 0.2) is 78.9 Å². The molecule has 3 aromatic rings. The topological polar surface area (TPSA) is 29.5 Å². The molecule has 0 aromatic heterocycles. The first-order valence-electron chi connectivity index (χ1n) is 9.40. The Morgan fingerprint density at radius 3 is 2.32 bits per heavy atom. The van der Waals surface area contributed by atoms with E-state index in [1.165, 1.54) is 0 Å². The van der Waals surface area contributed by atoms with Crippen LogP contribution in [0.3, 0.4) is 0 Å². The number of carbonyl (C=O) groups is 1. The third kappa shape index (κ3) is 3.63. The van der Waals surface area contributed by atoms with Crippen molar-refractivity contribution in [1.82, 2.24) is 0 Å². The molecule has 0 saturated carbocycles. The van der Waals surface area contributed by atoms with Crippen LogP contribution in [0.1, 0.15) is 21.8 Å². The lowest BCUT2D eigenvalue weighted by Crippen LogP contribution is -2.24. The minimum absolute atomic E-state index is 0.0925. The Hall–Kier alpha value is -2.78. The molecule has 0 N–H and O–H groups in total. The van der Waals surface area contributed by atoms with Crippen molar-refractivity contribution in [3.63, 3.8) is 0 Å². The molecule has 0 bridgehead atoms. The summed E-state index contributed by atoms with van der Waals surface area (Å²) in [6, 6.07) is 25.6. The number of Topliss-reactive ketones (excluding diaryl/α,β-unsaturated/α-hetero) is 1. The number of carbonyl (C=O) groups excluding carboxylic acids is 1. The summed E-state index contributed by atoms with van der Waals surface area (Å²) >= 11 is 6.08. The molecule has 2 atom stereocenters. The number of ketones is 1. The Bertz CT molecular complexity index is 956. The summed E-state index contributed by atoms with van der Waals surface area (Å²) in [7, 11) is 1.60. The van der Waals surface area contributed by atoms with E-state index in [4.69, 9.17) is 16.3 Å². The number of benzene rings is 3. The van der Waals surface area contributed by atoms with E-state index in [-0.39, 0.29) is 17.6 Å². The van der Waals surface area contributed by atoms with Gasteiger partial charge in [0, 0.05) is 35.6 Å². The molecule has 3 nitrogen and oxygen atoms in total. The van der Waals surface area contributed by atoms with E-state index in [1.54, 1.807) is 7.11 Å². The molecule has 28 heavy (non-hydrogen) atoms. The maximum atomic E-state index is 13.5. The lowest BCUT2D eigenvalue weighted by molar-refractivity contribution is 0.0918. The zero-order valence-electron chi connectivity index (χ0n) is 15.7. The maximum absolute atomic E-state index is 13.5. The van der Waals surface area contributed by atoms with Gasteiger partial charge in [0.2, 0.25) is 0 Å². The van der Waals surface area contributed by atoms with Gasteiger partial charge in [0.1, 0.15) is 5.75 Å². The highest BCUT2D eigenvalue weighted by Gasteiger charge is 2.39. The molecular weight excluding hydrogens is 370 g/mol. The highest BCUT2D eigenvalue weighted by atomic mass is 35.5. The fourth-order valence-electron chi connectivity index (χ4n) is 4.01. The van der Waals surface area contributed by atoms with Crippen LogP contribution in [0.25, 0.3) is 0 Å². The van der Waals surface area contributed by atoms with Gasteiger partial charge >= 0.3 is 0 Å². The summed E-state index contributed by atoms with van der Waals surface area (Å²) < 4.78 is 5.44. The fraction of sp³-hybridized carbons (Fsp3) is 0.208. The summed E-state index contributed by atoms with van der Waals surface area (Å²) in [4.78, 5) is 15.8. The molecule has 142 valence electrons. The molecule has 0 aliphatic carbocycles. The average Bonchev–Trinajstić information content (AvgIpc) is 3.20. The Balaban J connectivity index is 1.71. The van der Waals surface area contributed by atoms with Gasteiger partial charge in [0.15, 0.2) is 5.78 Å². The number of rotatable bonds is 5. The van der Waals surface area contributed by atoms with Gasteiger partial charge in [0.05, 0.1) is 12.7 Å². The van der Waals surface area contributed by atoms with E-state index < -0.39 is 0 Å². The number of ether oxygens (including phenoxy) is 1. The summed E-state index contributed by atoms with van der Waals surface area (Å²) in [5.41, 5.74) is 2.91. The van der Waals surface area contributed by atoms with Crippen molar-refractivity contribution in [2.24, 2.45) is 5.92 Å². The number of para-hydroxylation sites is 2. The van der Waals surface area contributed by atoms with E-state index in [1.807, 2.05) is 66.7 Å². The van der Waals surface area contributed by atoms with Crippen molar-refractivity contribution < 1.29 is 9.53 Å². The Morgan fingerprint density at radius 1 is 0.929 bits per heavy atom. The van der Waals surface area contributed by atoms with Gasteiger partial charge < -0.3 is 9.64 Å². The Kier molecular flexibility index (Phi) is 5.36. The molecule has 4 rings (SSSR count). The minimum Gasteiger partial charge on any atom is -0.496 e. The second-order valence-electron chi connectivity index (χ2n) is 7.07. The van der Waals surface area contributed by atoms with Gasteiger partial charge in [0.25, 0.3) is 0 Å². The first kappa shape index (κ1) is 18.6. The molecule has 1 heterocycles. The van der Waals surface area contributed by atoms with Gasteiger partial charge in [-0.1, -0.05) is 54.1 Å². The van der Waals surface area contributed by atoms with Gasteiger partial charge in [-0.15, -0.1) is 0 Å². The number of nitrogens with zero attached hydrogens (tertiary/aromatic N) is 1. The molecule has 0 radical (unpaired) electrons. The Labute approximate surface area is 170 Å². The smallest absolute Gasteiger partial charge is 0.172 e. The van der Waals surface area contributed by atoms with Crippen molar-refractivity contribution >= 4 is 23.1 Å². The van der Waals surface area contributed by atoms with Gasteiger partial charge in [-0.05, 0) is 42.0 Å². The lowest BCUT2D eigenvalue weighted by Gasteiger charge is -2.18. The van der Waals surface area contributed by atoms with Crippen LogP contribution in [0.5, 0.6) is 5.75 Å². The molecule has 1 fully saturated rings. The second kappa shape index (κ2) is 8.07. The van der Waals surface area contributed by atoms with Crippen molar-refractivity contribution in [2.45, 2.75) is 5.92 Å². The highest BCUT2D eigenvalue weighted by molar-refractivity contribution is 6.30. The zero-order chi connectivity index (χ0) is 19.5. The van der Waals surface area contributed by atoms with Crippen LogP contribution < -0.4 is 9.64 Å². The van der Waals surface area contributed by atoms with Gasteiger partial charge in [-0.3, -0.25) is 4.79 Å². The van der Waals surface area contributed by atoms with E-state index in [2.05, 4.69) is 17.0 Å². The molecule has 0 unspecified atom stereocenters. The lowest BCUT2D eigenvalue weighted by atomic mass is 9.83. The largest absolute Gasteiger partial charge is 0.496 e. The van der Waals surface area contributed by atoms with Crippen molar-refractivity contribution in [3.8, 4) is 5.75 Å². The Morgan fingerprint density at radius 2 is 1.61 bits per heavy atom. The normalized spacial score (nSPS) is 18.9. The minimum atomic E-state index is -0.155. The predicted molar refractivity (Wildman–Crippen MR) is 114 cm³/mol. The van der Waals surface area contributed by atoms with E-state index >= 15 is 0 Å². The molecule has 1 saturated heterocycles. The van der Waals surface area contributed by atoms with Crippen LogP contribution in [-0.2, 0) is 0 Å². The quantitative estimate of drug-likeness (QED) is 0.541. The van der Waals surface area contributed by atoms with Gasteiger partial charge in [-0.25, -0.2) is 0 Å². The van der Waals surface area contributed by atoms with Crippen molar-refractivity contribution in [2.75, 3.05) is 25.1 Å². The monoisotopic (exact) mass is 391 g/mol. The van der Waals surface area contributed by atoms with Crippen LogP contribution >= 0.6 is 11.6 Å². The number of anilines is 1. The molecular formula is C24H22ClNO2. The fourth-order valence-corrected chi connectivity index (χ4v) is 4.14. The third-order valence-corrected chi connectivity index (χ3v) is 5.70. The van der Waals surface area contributed by atoms with E-state index in [9.17, 15) is 4.79 Å². The molecule has 0 amide bonds. The van der Waals surface area contributed by atoms with E-state index in [0.29, 0.717) is 22.9 Å². The van der Waals surface area contributed by atoms with Crippen LogP contribution in [0.4, 0.5) is 5.69 Å². The second-order valence-corrected chi connectivity index (χ2v) is 7.51. The molecule has 0 spiro atoms. The standard InChI is InChI=1S/C24H22ClNO2/c1-28-23-10-6-5-9-20(23)24(27)22-16-26(19-7-3-2-4-8-19)15-21(22)17-11-13-18(25)14-12-17/h2-14,21-22H,15-16H2,1H3/t21-,22+/m0/s1. The van der Waals surface area contributed by atoms with E-state index in [0.717, 1.165) is 17.8 Å². The summed E-state index contributed by atoms with van der Waals surface area (Å²) in [6.45, 7) is 1.46. The average molecular weight is 392 g/mol. The maximum Gasteiger partial charge on any atom is 0.172 e. The first-order chi connectivity index (χ1) is 13.7. The first-order valence-corrected chi connectivity index (χ1v) is 9.78. The molecule has 3 aromatic carbocycles. The number of halogens is 1. The zero-order valence-corrected chi connectivity index (χ0v) is 16.5. The number of hydrogen-bond acceptors (Lipinski definition) is 3. The predicted octanol–water partition coefficient (Wildman–Crippen LogP) is 5.45. The van der Waals surface area contributed by atoms with Gasteiger partial charge in [-0.2, -0.15) is 0 Å².